The summed E-state index contributed by atoms with van der Waals surface area (Å²) in [7, 11) is 0. The summed E-state index contributed by atoms with van der Waals surface area (Å²) < 4.78 is 5.17. The zero-order valence-corrected chi connectivity index (χ0v) is 16.0. The topological polar surface area (TPSA) is 74.0 Å². The number of piperazine rings is 1. The van der Waals surface area contributed by atoms with Crippen molar-refractivity contribution in [3.8, 4) is 5.75 Å². The molecule has 1 aliphatic heterocycles. The van der Waals surface area contributed by atoms with E-state index >= 15 is 0 Å². The van der Waals surface area contributed by atoms with Crippen LogP contribution in [0.2, 0.25) is 0 Å². The molecule has 0 atom stereocenters. The molecule has 1 fully saturated rings. The number of hydrogen-bond acceptors (Lipinski definition) is 4. The van der Waals surface area contributed by atoms with Gasteiger partial charge in [-0.3, -0.25) is 9.59 Å². The molecule has 1 aliphatic rings. The maximum atomic E-state index is 13.0. The maximum Gasteiger partial charge on any atom is 0.289 e. The first-order valence-electron chi connectivity index (χ1n) is 9.59. The first kappa shape index (κ1) is 18.8. The van der Waals surface area contributed by atoms with Crippen LogP contribution in [0, 0.1) is 0 Å². The second-order valence-corrected chi connectivity index (χ2v) is 7.08. The van der Waals surface area contributed by atoms with Gasteiger partial charge in [-0.1, -0.05) is 36.4 Å². The van der Waals surface area contributed by atoms with Gasteiger partial charge in [-0.25, -0.2) is 0 Å². The lowest BCUT2D eigenvalue weighted by Crippen LogP contribution is -2.50. The van der Waals surface area contributed by atoms with Crippen LogP contribution in [0.3, 0.4) is 0 Å². The fraction of sp³-hybridized carbons (Fsp3) is 0.217. The van der Waals surface area contributed by atoms with Crippen molar-refractivity contribution in [2.75, 3.05) is 26.2 Å². The molecular formula is C23H22N2O4. The average molecular weight is 390 g/mol. The minimum Gasteiger partial charge on any atom is -0.507 e. The van der Waals surface area contributed by atoms with Crippen LogP contribution in [0.5, 0.6) is 5.75 Å². The third-order valence-corrected chi connectivity index (χ3v) is 5.13. The first-order valence-corrected chi connectivity index (χ1v) is 9.59. The quantitative estimate of drug-likeness (QED) is 0.743. The normalized spacial score (nSPS) is 14.1. The average Bonchev–Trinajstić information content (AvgIpc) is 3.30. The smallest absolute Gasteiger partial charge is 0.289 e. The summed E-state index contributed by atoms with van der Waals surface area (Å²) in [6.07, 6.45) is 2.16. The van der Waals surface area contributed by atoms with E-state index < -0.39 is 0 Å². The van der Waals surface area contributed by atoms with E-state index in [1.807, 2.05) is 36.4 Å². The van der Waals surface area contributed by atoms with Crippen LogP contribution in [0.15, 0.2) is 71.3 Å². The van der Waals surface area contributed by atoms with Crippen LogP contribution in [0.25, 0.3) is 0 Å². The highest BCUT2D eigenvalue weighted by atomic mass is 16.3. The Kier molecular flexibility index (Phi) is 5.33. The number of rotatable bonds is 4. The second-order valence-electron chi connectivity index (χ2n) is 7.08. The van der Waals surface area contributed by atoms with E-state index in [-0.39, 0.29) is 17.6 Å². The van der Waals surface area contributed by atoms with E-state index in [0.29, 0.717) is 43.9 Å². The summed E-state index contributed by atoms with van der Waals surface area (Å²) in [6, 6.07) is 18.5. The predicted molar refractivity (Wildman–Crippen MR) is 108 cm³/mol. The van der Waals surface area contributed by atoms with Gasteiger partial charge in [-0.2, -0.15) is 0 Å². The largest absolute Gasteiger partial charge is 0.507 e. The predicted octanol–water partition coefficient (Wildman–Crippen LogP) is 3.17. The summed E-state index contributed by atoms with van der Waals surface area (Å²) in [6.45, 7) is 1.67. The molecule has 6 heteroatoms. The first-order chi connectivity index (χ1) is 14.1. The van der Waals surface area contributed by atoms with Crippen molar-refractivity contribution in [2.45, 2.75) is 6.42 Å². The number of carbonyl (C=O) groups is 2. The maximum absolute atomic E-state index is 13.0. The van der Waals surface area contributed by atoms with Crippen LogP contribution >= 0.6 is 0 Å². The third kappa shape index (κ3) is 4.16. The number of carbonyl (C=O) groups excluding carboxylic acids is 2. The molecule has 29 heavy (non-hydrogen) atoms. The molecule has 0 bridgehead atoms. The summed E-state index contributed by atoms with van der Waals surface area (Å²) in [4.78, 5) is 28.7. The van der Waals surface area contributed by atoms with Crippen molar-refractivity contribution in [3.63, 3.8) is 0 Å². The van der Waals surface area contributed by atoms with Gasteiger partial charge < -0.3 is 19.3 Å². The van der Waals surface area contributed by atoms with Gasteiger partial charge in [0.15, 0.2) is 5.76 Å². The van der Waals surface area contributed by atoms with Crippen molar-refractivity contribution in [1.82, 2.24) is 9.80 Å². The monoisotopic (exact) mass is 390 g/mol. The number of benzene rings is 2. The Bertz CT molecular complexity index is 991. The van der Waals surface area contributed by atoms with E-state index in [4.69, 9.17) is 4.42 Å². The zero-order valence-electron chi connectivity index (χ0n) is 16.0. The Morgan fingerprint density at radius 1 is 0.828 bits per heavy atom. The van der Waals surface area contributed by atoms with Crippen LogP contribution in [0.4, 0.5) is 0 Å². The van der Waals surface area contributed by atoms with Crippen molar-refractivity contribution in [2.24, 2.45) is 0 Å². The molecular weight excluding hydrogens is 368 g/mol. The number of amides is 2. The molecule has 0 aliphatic carbocycles. The molecule has 0 unspecified atom stereocenters. The minimum absolute atomic E-state index is 0.0269. The number of hydrogen-bond donors (Lipinski definition) is 1. The van der Waals surface area contributed by atoms with Gasteiger partial charge in [0.25, 0.3) is 11.8 Å². The molecule has 6 nitrogen and oxygen atoms in total. The van der Waals surface area contributed by atoms with Gasteiger partial charge in [0.2, 0.25) is 0 Å². The van der Waals surface area contributed by atoms with Gasteiger partial charge in [0.1, 0.15) is 5.75 Å². The lowest BCUT2D eigenvalue weighted by Gasteiger charge is -2.34. The van der Waals surface area contributed by atoms with Crippen molar-refractivity contribution in [3.05, 3.63) is 89.4 Å². The SMILES string of the molecule is O=C(c1ccco1)N1CCN(C(=O)c2cc(Cc3ccccc3)ccc2O)CC1. The Morgan fingerprint density at radius 2 is 1.52 bits per heavy atom. The highest BCUT2D eigenvalue weighted by Gasteiger charge is 2.27. The van der Waals surface area contributed by atoms with Crippen LogP contribution in [-0.4, -0.2) is 52.9 Å². The second kappa shape index (κ2) is 8.22. The minimum atomic E-state index is -0.220. The fourth-order valence-corrected chi connectivity index (χ4v) is 3.54. The van der Waals surface area contributed by atoms with Crippen LogP contribution in [-0.2, 0) is 6.42 Å². The molecule has 1 saturated heterocycles. The van der Waals surface area contributed by atoms with E-state index in [0.717, 1.165) is 11.1 Å². The number of phenolic OH excluding ortho intramolecular Hbond substituents is 1. The van der Waals surface area contributed by atoms with Gasteiger partial charge in [0, 0.05) is 26.2 Å². The molecule has 1 N–H and O–H groups in total. The van der Waals surface area contributed by atoms with E-state index in [2.05, 4.69) is 0 Å². The molecule has 0 spiro atoms. The van der Waals surface area contributed by atoms with Crippen molar-refractivity contribution >= 4 is 11.8 Å². The molecule has 148 valence electrons. The van der Waals surface area contributed by atoms with Gasteiger partial charge in [-0.05, 0) is 41.8 Å². The van der Waals surface area contributed by atoms with Crippen molar-refractivity contribution < 1.29 is 19.1 Å². The molecule has 0 radical (unpaired) electrons. The summed E-state index contributed by atoms with van der Waals surface area (Å²) in [5, 5.41) is 10.2. The van der Waals surface area contributed by atoms with E-state index in [9.17, 15) is 14.7 Å². The Hall–Kier alpha value is -3.54. The van der Waals surface area contributed by atoms with Crippen LogP contribution in [0.1, 0.15) is 32.0 Å². The molecule has 3 aromatic rings. The molecule has 2 heterocycles. The summed E-state index contributed by atoms with van der Waals surface area (Å²) in [5.41, 5.74) is 2.40. The Morgan fingerprint density at radius 3 is 2.17 bits per heavy atom. The molecule has 1 aromatic heterocycles. The van der Waals surface area contributed by atoms with Crippen molar-refractivity contribution in [1.29, 1.82) is 0 Å². The fourth-order valence-electron chi connectivity index (χ4n) is 3.54. The van der Waals surface area contributed by atoms with E-state index in [1.165, 1.54) is 6.26 Å². The van der Waals surface area contributed by atoms with E-state index in [1.54, 1.807) is 34.1 Å². The highest BCUT2D eigenvalue weighted by Crippen LogP contribution is 2.23. The number of nitrogens with zero attached hydrogens (tertiary/aromatic N) is 2. The zero-order chi connectivity index (χ0) is 20.2. The lowest BCUT2D eigenvalue weighted by molar-refractivity contribution is 0.0516. The molecule has 2 amide bonds. The molecule has 2 aromatic carbocycles. The summed E-state index contributed by atoms with van der Waals surface area (Å²) in [5.74, 6) is -0.116. The summed E-state index contributed by atoms with van der Waals surface area (Å²) >= 11 is 0. The number of phenols is 1. The van der Waals surface area contributed by atoms with Gasteiger partial charge in [0.05, 0.1) is 11.8 Å². The highest BCUT2D eigenvalue weighted by molar-refractivity contribution is 5.97. The van der Waals surface area contributed by atoms with Crippen LogP contribution < -0.4 is 0 Å². The molecule has 4 rings (SSSR count). The van der Waals surface area contributed by atoms with Gasteiger partial charge >= 0.3 is 0 Å². The Labute approximate surface area is 169 Å². The Balaban J connectivity index is 1.43. The van der Waals surface area contributed by atoms with Gasteiger partial charge in [-0.15, -0.1) is 0 Å². The number of aromatic hydroxyl groups is 1. The number of furan rings is 1. The molecule has 0 saturated carbocycles. The standard InChI is InChI=1S/C23H22N2O4/c26-20-9-8-18(15-17-5-2-1-3-6-17)16-19(20)22(27)24-10-12-25(13-11-24)23(28)21-7-4-14-29-21/h1-9,14,16,26H,10-13,15H2. The lowest BCUT2D eigenvalue weighted by atomic mass is 10.0. The third-order valence-electron chi connectivity index (χ3n) is 5.13.